The number of rotatable bonds is 9. The largest absolute Gasteiger partial charge is 0.464 e. The minimum Gasteiger partial charge on any atom is -0.464 e. The maximum atomic E-state index is 11.3. The lowest BCUT2D eigenvalue weighted by Gasteiger charge is -2.18. The van der Waals surface area contributed by atoms with Crippen LogP contribution in [0.15, 0.2) is 0 Å². The van der Waals surface area contributed by atoms with Crippen LogP contribution in [0.5, 0.6) is 0 Å². The topological polar surface area (TPSA) is 93.1 Å². The fourth-order valence-corrected chi connectivity index (χ4v) is 1.37. The Labute approximate surface area is 113 Å². The Morgan fingerprint density at radius 1 is 1.05 bits per heavy atom. The van der Waals surface area contributed by atoms with Crippen molar-refractivity contribution in [2.45, 2.75) is 64.8 Å². The summed E-state index contributed by atoms with van der Waals surface area (Å²) in [4.78, 5) is 22.4. The Bertz CT molecular complexity index is 274. The van der Waals surface area contributed by atoms with Crippen molar-refractivity contribution in [3.05, 3.63) is 0 Å². The third-order valence-corrected chi connectivity index (χ3v) is 2.53. The van der Waals surface area contributed by atoms with E-state index >= 15 is 0 Å². The zero-order valence-electron chi connectivity index (χ0n) is 11.8. The molecule has 0 radical (unpaired) electrons. The Balaban J connectivity index is 4.12. The quantitative estimate of drug-likeness (QED) is 0.605. The van der Waals surface area contributed by atoms with Gasteiger partial charge in [0.25, 0.3) is 0 Å². The molecule has 6 nitrogen and oxygen atoms in total. The van der Waals surface area contributed by atoms with Crippen molar-refractivity contribution < 1.29 is 29.3 Å². The first-order chi connectivity index (χ1) is 8.88. The zero-order chi connectivity index (χ0) is 14.8. The van der Waals surface area contributed by atoms with Crippen LogP contribution in [-0.4, -0.2) is 47.1 Å². The lowest BCUT2D eigenvalue weighted by atomic mass is 10.1. The average Bonchev–Trinajstić information content (AvgIpc) is 2.34. The first-order valence-electron chi connectivity index (χ1n) is 6.61. The second kappa shape index (κ2) is 9.75. The summed E-state index contributed by atoms with van der Waals surface area (Å²) in [5.41, 5.74) is 0. The lowest BCUT2D eigenvalue weighted by molar-refractivity contribution is -0.161. The van der Waals surface area contributed by atoms with Gasteiger partial charge in [-0.2, -0.15) is 0 Å². The summed E-state index contributed by atoms with van der Waals surface area (Å²) >= 11 is 0. The van der Waals surface area contributed by atoms with Crippen molar-refractivity contribution in [1.29, 1.82) is 0 Å². The van der Waals surface area contributed by atoms with Gasteiger partial charge < -0.3 is 19.7 Å². The van der Waals surface area contributed by atoms with E-state index in [0.29, 0.717) is 12.8 Å². The molecule has 2 N–H and O–H groups in total. The molecule has 112 valence electrons. The van der Waals surface area contributed by atoms with E-state index < -0.39 is 24.1 Å². The van der Waals surface area contributed by atoms with Crippen molar-refractivity contribution in [2.24, 2.45) is 0 Å². The van der Waals surface area contributed by atoms with Crippen LogP contribution >= 0.6 is 0 Å². The van der Waals surface area contributed by atoms with Crippen molar-refractivity contribution in [1.82, 2.24) is 0 Å². The fourth-order valence-electron chi connectivity index (χ4n) is 1.37. The molecule has 0 bridgehead atoms. The van der Waals surface area contributed by atoms with E-state index in [4.69, 9.17) is 19.7 Å². The minimum atomic E-state index is -1.16. The lowest BCUT2D eigenvalue weighted by Crippen LogP contribution is -2.28. The Hall–Kier alpha value is -1.14. The second-order valence-corrected chi connectivity index (χ2v) is 4.51. The zero-order valence-corrected chi connectivity index (χ0v) is 11.8. The highest BCUT2D eigenvalue weighted by Gasteiger charge is 2.19. The van der Waals surface area contributed by atoms with Gasteiger partial charge in [0.2, 0.25) is 0 Å². The SMILES string of the molecule is CCCCC(CCOC(=O)C(C)O)OC(=O)C(C)O. The molecule has 0 aliphatic carbocycles. The molecule has 3 atom stereocenters. The second-order valence-electron chi connectivity index (χ2n) is 4.51. The van der Waals surface area contributed by atoms with E-state index in [0.717, 1.165) is 12.8 Å². The van der Waals surface area contributed by atoms with E-state index in [1.54, 1.807) is 0 Å². The van der Waals surface area contributed by atoms with Crippen molar-refractivity contribution in [3.63, 3.8) is 0 Å². The number of aliphatic hydroxyl groups is 2. The molecule has 0 aliphatic heterocycles. The summed E-state index contributed by atoms with van der Waals surface area (Å²) in [7, 11) is 0. The van der Waals surface area contributed by atoms with Crippen LogP contribution in [0, 0.1) is 0 Å². The molecule has 0 aromatic rings. The number of ether oxygens (including phenoxy) is 2. The molecule has 19 heavy (non-hydrogen) atoms. The average molecular weight is 276 g/mol. The highest BCUT2D eigenvalue weighted by molar-refractivity contribution is 5.74. The summed E-state index contributed by atoms with van der Waals surface area (Å²) in [6, 6.07) is 0. The van der Waals surface area contributed by atoms with Gasteiger partial charge in [0, 0.05) is 6.42 Å². The van der Waals surface area contributed by atoms with E-state index in [1.165, 1.54) is 13.8 Å². The number of hydrogen-bond acceptors (Lipinski definition) is 6. The first kappa shape index (κ1) is 17.9. The molecule has 3 unspecified atom stereocenters. The van der Waals surface area contributed by atoms with Gasteiger partial charge in [-0.1, -0.05) is 19.8 Å². The van der Waals surface area contributed by atoms with Gasteiger partial charge in [0.15, 0.2) is 0 Å². The predicted octanol–water partition coefficient (Wildman–Crippen LogP) is 0.783. The van der Waals surface area contributed by atoms with Crippen molar-refractivity contribution in [3.8, 4) is 0 Å². The number of unbranched alkanes of at least 4 members (excludes halogenated alkanes) is 1. The maximum Gasteiger partial charge on any atom is 0.334 e. The first-order valence-corrected chi connectivity index (χ1v) is 6.61. The summed E-state index contributed by atoms with van der Waals surface area (Å²) in [5, 5.41) is 18.0. The van der Waals surface area contributed by atoms with E-state index in [9.17, 15) is 9.59 Å². The number of carbonyl (C=O) groups is 2. The van der Waals surface area contributed by atoms with Gasteiger partial charge in [-0.05, 0) is 20.3 Å². The molecule has 0 saturated carbocycles. The molecule has 0 aliphatic rings. The van der Waals surface area contributed by atoms with E-state index in [2.05, 4.69) is 0 Å². The monoisotopic (exact) mass is 276 g/mol. The van der Waals surface area contributed by atoms with Crippen LogP contribution in [0.4, 0.5) is 0 Å². The van der Waals surface area contributed by atoms with Crippen LogP contribution in [0.25, 0.3) is 0 Å². The molecule has 0 spiro atoms. The van der Waals surface area contributed by atoms with Gasteiger partial charge >= 0.3 is 11.9 Å². The third-order valence-electron chi connectivity index (χ3n) is 2.53. The molecule has 0 aromatic heterocycles. The molecule has 0 rings (SSSR count). The molecule has 0 aromatic carbocycles. The molecule has 0 heterocycles. The number of carbonyl (C=O) groups excluding carboxylic acids is 2. The minimum absolute atomic E-state index is 0.0746. The van der Waals surface area contributed by atoms with E-state index in [-0.39, 0.29) is 12.7 Å². The highest BCUT2D eigenvalue weighted by Crippen LogP contribution is 2.11. The Morgan fingerprint density at radius 2 is 1.63 bits per heavy atom. The third kappa shape index (κ3) is 8.56. The van der Waals surface area contributed by atoms with E-state index in [1.807, 2.05) is 6.92 Å². The summed E-state index contributed by atoms with van der Waals surface area (Å²) in [6.07, 6.45) is 0.137. The Kier molecular flexibility index (Phi) is 9.16. The Morgan fingerprint density at radius 3 is 2.11 bits per heavy atom. The standard InChI is InChI=1S/C13H24O6/c1-4-5-6-11(19-13(17)10(3)15)7-8-18-12(16)9(2)14/h9-11,14-15H,4-8H2,1-3H3. The van der Waals surface area contributed by atoms with Gasteiger partial charge in [-0.3, -0.25) is 0 Å². The van der Waals surface area contributed by atoms with Gasteiger partial charge in [-0.15, -0.1) is 0 Å². The molecule has 6 heteroatoms. The normalized spacial score (nSPS) is 15.4. The van der Waals surface area contributed by atoms with Crippen molar-refractivity contribution >= 4 is 11.9 Å². The smallest absolute Gasteiger partial charge is 0.334 e. The maximum absolute atomic E-state index is 11.3. The van der Waals surface area contributed by atoms with Crippen LogP contribution in [0.3, 0.4) is 0 Å². The van der Waals surface area contributed by atoms with Crippen LogP contribution < -0.4 is 0 Å². The molecule has 0 amide bonds. The summed E-state index contributed by atoms with van der Waals surface area (Å²) in [6.45, 7) is 4.75. The summed E-state index contributed by atoms with van der Waals surface area (Å²) in [5.74, 6) is -1.38. The van der Waals surface area contributed by atoms with Crippen molar-refractivity contribution in [2.75, 3.05) is 6.61 Å². The number of esters is 2. The van der Waals surface area contributed by atoms with Crippen LogP contribution in [0.1, 0.15) is 46.5 Å². The molecule has 0 fully saturated rings. The molecule has 0 saturated heterocycles. The fraction of sp³-hybridized carbons (Fsp3) is 0.846. The number of hydrogen-bond donors (Lipinski definition) is 2. The predicted molar refractivity (Wildman–Crippen MR) is 68.3 cm³/mol. The molecular formula is C13H24O6. The van der Waals surface area contributed by atoms with Crippen LogP contribution in [-0.2, 0) is 19.1 Å². The highest BCUT2D eigenvalue weighted by atomic mass is 16.6. The van der Waals surface area contributed by atoms with Crippen LogP contribution in [0.2, 0.25) is 0 Å². The molecular weight excluding hydrogens is 252 g/mol. The summed E-state index contributed by atoms with van der Waals surface area (Å²) < 4.78 is 9.93. The van der Waals surface area contributed by atoms with Gasteiger partial charge in [0.1, 0.15) is 18.3 Å². The number of aliphatic hydroxyl groups excluding tert-OH is 2. The van der Waals surface area contributed by atoms with Gasteiger partial charge in [0.05, 0.1) is 6.61 Å². The van der Waals surface area contributed by atoms with Gasteiger partial charge in [-0.25, -0.2) is 9.59 Å².